The number of nitrogens with one attached hydrogen (secondary N) is 1. The Labute approximate surface area is 264 Å². The van der Waals surface area contributed by atoms with Gasteiger partial charge in [-0.25, -0.2) is 4.98 Å². The fourth-order valence-corrected chi connectivity index (χ4v) is 7.04. The number of anilines is 1. The summed E-state index contributed by atoms with van der Waals surface area (Å²) in [4.78, 5) is 18.1. The summed E-state index contributed by atoms with van der Waals surface area (Å²) >= 11 is 0. The lowest BCUT2D eigenvalue weighted by Gasteiger charge is -2.39. The van der Waals surface area contributed by atoms with Crippen LogP contribution in [-0.4, -0.2) is 41.3 Å². The fraction of sp³-hybridized carbons (Fsp3) is 0.528. The number of nitrogens with zero attached hydrogens (tertiary/aromatic N) is 3. The molecule has 44 heavy (non-hydrogen) atoms. The summed E-state index contributed by atoms with van der Waals surface area (Å²) in [6.45, 7) is 16.7. The van der Waals surface area contributed by atoms with Crippen LogP contribution in [0.1, 0.15) is 93.7 Å². The number of aromatic nitrogens is 2. The molecule has 0 saturated carbocycles. The molecular weight excluding hydrogens is 565 g/mol. The van der Waals surface area contributed by atoms with Crippen LogP contribution in [0.5, 0.6) is 0 Å². The van der Waals surface area contributed by atoms with E-state index in [-0.39, 0.29) is 40.8 Å². The van der Waals surface area contributed by atoms with Crippen molar-refractivity contribution in [3.05, 3.63) is 71.3 Å². The van der Waals surface area contributed by atoms with Gasteiger partial charge in [-0.15, -0.1) is 0 Å². The highest BCUT2D eigenvalue weighted by Gasteiger charge is 2.46. The molecule has 234 valence electrons. The first-order valence-electron chi connectivity index (χ1n) is 16.1. The summed E-state index contributed by atoms with van der Waals surface area (Å²) < 4.78 is 14.1. The van der Waals surface area contributed by atoms with Crippen LogP contribution in [0.4, 0.5) is 5.69 Å². The number of allylic oxidation sites excluding steroid dienone is 2. The summed E-state index contributed by atoms with van der Waals surface area (Å²) in [6, 6.07) is 9.48. The van der Waals surface area contributed by atoms with Crippen molar-refractivity contribution in [1.82, 2.24) is 9.55 Å². The molecule has 1 aliphatic carbocycles. The van der Waals surface area contributed by atoms with Crippen LogP contribution in [0.25, 0.3) is 11.1 Å². The predicted molar refractivity (Wildman–Crippen MR) is 180 cm³/mol. The molecule has 2 atom stereocenters. The van der Waals surface area contributed by atoms with E-state index < -0.39 is 8.07 Å². The molecule has 1 aromatic carbocycles. The third-order valence-electron chi connectivity index (χ3n) is 9.40. The third-order valence-corrected chi connectivity index (χ3v) is 11.1. The molecule has 2 aromatic rings. The van der Waals surface area contributed by atoms with Crippen molar-refractivity contribution in [3.63, 3.8) is 0 Å². The van der Waals surface area contributed by atoms with E-state index in [1.807, 2.05) is 6.07 Å². The molecular formula is C36H48N4O3Si. The van der Waals surface area contributed by atoms with Gasteiger partial charge >= 0.3 is 0 Å². The highest BCUT2D eigenvalue weighted by atomic mass is 28.3. The number of fused-ring (bicyclic) bond motifs is 2. The first-order chi connectivity index (χ1) is 20.8. The smallest absolute Gasteiger partial charge is 0.291 e. The molecule has 2 bridgehead atoms. The van der Waals surface area contributed by atoms with Crippen LogP contribution in [0, 0.1) is 16.7 Å². The van der Waals surface area contributed by atoms with E-state index in [4.69, 9.17) is 9.47 Å². The number of hydrogen-bond donors (Lipinski definition) is 1. The second-order valence-corrected chi connectivity index (χ2v) is 20.3. The van der Waals surface area contributed by atoms with Crippen LogP contribution in [0.2, 0.25) is 25.7 Å². The maximum atomic E-state index is 13.7. The van der Waals surface area contributed by atoms with Gasteiger partial charge in [0.25, 0.3) is 5.91 Å². The lowest BCUT2D eigenvalue weighted by atomic mass is 9.76. The average molecular weight is 613 g/mol. The van der Waals surface area contributed by atoms with E-state index in [1.54, 1.807) is 10.8 Å². The zero-order valence-corrected chi connectivity index (χ0v) is 28.5. The summed E-state index contributed by atoms with van der Waals surface area (Å²) in [5.74, 6) is -0.179. The van der Waals surface area contributed by atoms with Gasteiger partial charge in [-0.2, -0.15) is 5.26 Å². The first kappa shape index (κ1) is 32.1. The molecule has 1 aromatic heterocycles. The normalized spacial score (nSPS) is 24.0. The SMILES string of the molecule is CCC12C=CC(CC)(CC(c3ccc(NC(=O)c4nc(C#N)cn4COCC[Si](C)(C)C)c(C4=CCC(C)(C)CC4)c3)=C1)O2. The maximum Gasteiger partial charge on any atom is 0.291 e. The number of amides is 1. The molecule has 0 saturated heterocycles. The van der Waals surface area contributed by atoms with E-state index in [2.05, 4.69) is 100 Å². The number of nitriles is 1. The van der Waals surface area contributed by atoms with Gasteiger partial charge in [-0.1, -0.05) is 71.6 Å². The Morgan fingerprint density at radius 3 is 2.64 bits per heavy atom. The van der Waals surface area contributed by atoms with Crippen molar-refractivity contribution in [2.75, 3.05) is 11.9 Å². The quantitative estimate of drug-likeness (QED) is 0.156. The van der Waals surface area contributed by atoms with Crippen LogP contribution in [0.3, 0.4) is 0 Å². The molecule has 7 nitrogen and oxygen atoms in total. The van der Waals surface area contributed by atoms with Gasteiger partial charge in [0.1, 0.15) is 18.4 Å². The zero-order chi connectivity index (χ0) is 31.8. The van der Waals surface area contributed by atoms with Crippen LogP contribution >= 0.6 is 0 Å². The Balaban J connectivity index is 1.46. The standard InChI is InChI=1S/C36H48N4O3Si/c1-8-35-16-17-36(9-2,43-35)22-28(21-35)27-10-11-31(30(20-27)26-12-14-34(3,4)15-13-26)39-33(41)32-38-29(23-37)24-40(32)25-42-18-19-44(5,6)7/h10-12,16-17,20-21,24H,8-9,13-15,18-19,22,25H2,1-7H3,(H,39,41). The number of carbonyl (C=O) groups is 1. The van der Waals surface area contributed by atoms with E-state index in [0.717, 1.165) is 61.4 Å². The summed E-state index contributed by atoms with van der Waals surface area (Å²) in [6.07, 6.45) is 16.4. The Hall–Kier alpha value is -3.25. The fourth-order valence-electron chi connectivity index (χ4n) is 6.28. The van der Waals surface area contributed by atoms with Crippen molar-refractivity contribution in [2.45, 2.75) is 110 Å². The average Bonchev–Trinajstić information content (AvgIpc) is 3.53. The van der Waals surface area contributed by atoms with Crippen molar-refractivity contribution >= 4 is 30.8 Å². The maximum absolute atomic E-state index is 13.7. The predicted octanol–water partition coefficient (Wildman–Crippen LogP) is 8.58. The number of carbonyl (C=O) groups excluding carboxylic acids is 1. The van der Waals surface area contributed by atoms with E-state index in [9.17, 15) is 10.1 Å². The second-order valence-electron chi connectivity index (χ2n) is 14.7. The molecule has 0 fully saturated rings. The van der Waals surface area contributed by atoms with E-state index >= 15 is 0 Å². The minimum Gasteiger partial charge on any atom is -0.361 e. The van der Waals surface area contributed by atoms with Crippen LogP contribution in [-0.2, 0) is 16.2 Å². The minimum absolute atomic E-state index is 0.174. The molecule has 0 spiro atoms. The van der Waals surface area contributed by atoms with Gasteiger partial charge in [0.2, 0.25) is 5.82 Å². The molecule has 2 unspecified atom stereocenters. The largest absolute Gasteiger partial charge is 0.361 e. The number of ether oxygens (including phenoxy) is 2. The highest BCUT2D eigenvalue weighted by Crippen LogP contribution is 2.49. The Morgan fingerprint density at radius 1 is 1.18 bits per heavy atom. The third kappa shape index (κ3) is 7.01. The first-order valence-corrected chi connectivity index (χ1v) is 19.8. The summed E-state index contributed by atoms with van der Waals surface area (Å²) in [7, 11) is -1.25. The molecule has 5 rings (SSSR count). The zero-order valence-electron chi connectivity index (χ0n) is 27.5. The lowest BCUT2D eigenvalue weighted by molar-refractivity contribution is -0.0711. The molecule has 3 heterocycles. The number of hydrogen-bond acceptors (Lipinski definition) is 5. The van der Waals surface area contributed by atoms with Gasteiger partial charge in [0, 0.05) is 38.5 Å². The number of imidazole rings is 1. The Morgan fingerprint density at radius 2 is 1.98 bits per heavy atom. The van der Waals surface area contributed by atoms with Gasteiger partial charge < -0.3 is 19.4 Å². The molecule has 1 N–H and O–H groups in total. The van der Waals surface area contributed by atoms with Crippen molar-refractivity contribution in [1.29, 1.82) is 5.26 Å². The van der Waals surface area contributed by atoms with Crippen molar-refractivity contribution < 1.29 is 14.3 Å². The number of rotatable bonds is 11. The molecule has 2 aliphatic heterocycles. The second kappa shape index (κ2) is 12.3. The minimum atomic E-state index is -1.25. The van der Waals surface area contributed by atoms with Gasteiger partial charge in [-0.3, -0.25) is 4.79 Å². The topological polar surface area (TPSA) is 89.2 Å². The summed E-state index contributed by atoms with van der Waals surface area (Å²) in [5, 5.41) is 12.7. The molecule has 8 heteroatoms. The van der Waals surface area contributed by atoms with E-state index in [0.29, 0.717) is 6.61 Å². The van der Waals surface area contributed by atoms with Crippen molar-refractivity contribution in [3.8, 4) is 6.07 Å². The Kier molecular flexibility index (Phi) is 8.96. The molecule has 0 radical (unpaired) electrons. The van der Waals surface area contributed by atoms with Crippen LogP contribution < -0.4 is 5.32 Å². The highest BCUT2D eigenvalue weighted by molar-refractivity contribution is 6.76. The van der Waals surface area contributed by atoms with Gasteiger partial charge in [-0.05, 0) is 78.5 Å². The lowest BCUT2D eigenvalue weighted by Crippen LogP contribution is -2.39. The molecule has 3 aliphatic rings. The van der Waals surface area contributed by atoms with Gasteiger partial charge in [0.05, 0.1) is 5.60 Å². The molecule has 1 amide bonds. The number of benzene rings is 1. The van der Waals surface area contributed by atoms with Gasteiger partial charge in [0.15, 0.2) is 5.69 Å². The van der Waals surface area contributed by atoms with Crippen LogP contribution in [0.15, 0.2) is 48.7 Å². The van der Waals surface area contributed by atoms with E-state index in [1.165, 1.54) is 11.1 Å². The summed E-state index contributed by atoms with van der Waals surface area (Å²) in [5.41, 5.74) is 5.31. The van der Waals surface area contributed by atoms with Crippen molar-refractivity contribution in [2.24, 2.45) is 5.41 Å². The Bertz CT molecular complexity index is 1550. The monoisotopic (exact) mass is 612 g/mol.